The molecular weight excluding hydrogens is 147 g/mol. The number of rotatable bonds is 1. The van der Waals surface area contributed by atoms with E-state index < -0.39 is 5.82 Å². The fourth-order valence-electron chi connectivity index (χ4n) is 0.652. The van der Waals surface area contributed by atoms with Crippen LogP contribution in [-0.4, -0.2) is 0 Å². The normalized spacial score (nSPS) is 8.82. The molecule has 0 saturated carbocycles. The maximum absolute atomic E-state index is 12.4. The van der Waals surface area contributed by atoms with Gasteiger partial charge in [0.25, 0.3) is 0 Å². The summed E-state index contributed by atoms with van der Waals surface area (Å²) >= 11 is 0. The van der Waals surface area contributed by atoms with Crippen molar-refractivity contribution in [3.8, 4) is 0 Å². The van der Waals surface area contributed by atoms with Gasteiger partial charge in [0.1, 0.15) is 5.82 Å². The van der Waals surface area contributed by atoms with Gasteiger partial charge in [-0.15, -0.1) is 0 Å². The van der Waals surface area contributed by atoms with E-state index in [9.17, 15) is 4.39 Å². The van der Waals surface area contributed by atoms with Gasteiger partial charge < -0.3 is 5.73 Å². The average molecular weight is 152 g/mol. The van der Waals surface area contributed by atoms with Gasteiger partial charge in [-0.25, -0.2) is 4.39 Å². The third kappa shape index (κ3) is 1.59. The molecule has 0 aliphatic rings. The molecule has 0 aliphatic carbocycles. The third-order valence-electron chi connectivity index (χ3n) is 1.14. The van der Waals surface area contributed by atoms with E-state index in [0.29, 0.717) is 0 Å². The van der Waals surface area contributed by atoms with Crippen LogP contribution in [0.2, 0.25) is 0 Å². The van der Waals surface area contributed by atoms with E-state index in [0.717, 1.165) is 6.07 Å². The zero-order chi connectivity index (χ0) is 8.27. The minimum absolute atomic E-state index is 0.118. The maximum atomic E-state index is 12.4. The maximum Gasteiger partial charge on any atom is 0.123 e. The van der Waals surface area contributed by atoms with Crippen molar-refractivity contribution < 1.29 is 4.39 Å². The SMILES string of the molecule is [N-]=[N+]=Nc1cc(F)ccc1N. The van der Waals surface area contributed by atoms with Crippen LogP contribution in [0.15, 0.2) is 23.3 Å². The summed E-state index contributed by atoms with van der Waals surface area (Å²) in [6, 6.07) is 3.63. The van der Waals surface area contributed by atoms with Gasteiger partial charge in [0, 0.05) is 10.6 Å². The number of nitrogen functional groups attached to an aromatic ring is 1. The summed E-state index contributed by atoms with van der Waals surface area (Å²) in [7, 11) is 0. The number of benzene rings is 1. The quantitative estimate of drug-likeness (QED) is 0.285. The number of halogens is 1. The molecule has 0 fully saturated rings. The van der Waals surface area contributed by atoms with Crippen molar-refractivity contribution in [2.45, 2.75) is 0 Å². The smallest absolute Gasteiger partial charge is 0.123 e. The molecule has 0 heterocycles. The number of azide groups is 1. The standard InChI is InChI=1S/C6H5FN4/c7-4-1-2-5(8)6(3-4)10-11-9/h1-3H,8H2. The molecule has 1 rings (SSSR count). The lowest BCUT2D eigenvalue weighted by Gasteiger charge is -1.96. The molecular formula is C6H5FN4. The first-order valence-corrected chi connectivity index (χ1v) is 2.84. The zero-order valence-electron chi connectivity index (χ0n) is 5.53. The topological polar surface area (TPSA) is 74.8 Å². The highest BCUT2D eigenvalue weighted by Crippen LogP contribution is 2.22. The summed E-state index contributed by atoms with van der Waals surface area (Å²) < 4.78 is 12.4. The first-order chi connectivity index (χ1) is 5.24. The van der Waals surface area contributed by atoms with Crippen molar-refractivity contribution in [3.05, 3.63) is 34.5 Å². The molecule has 0 bridgehead atoms. The summed E-state index contributed by atoms with van der Waals surface area (Å²) in [4.78, 5) is 2.49. The molecule has 0 spiro atoms. The highest BCUT2D eigenvalue weighted by Gasteiger charge is 1.96. The van der Waals surface area contributed by atoms with Crippen LogP contribution in [0.5, 0.6) is 0 Å². The Labute approximate surface area is 62.1 Å². The molecule has 4 nitrogen and oxygen atoms in total. The second-order valence-corrected chi connectivity index (χ2v) is 1.89. The third-order valence-corrected chi connectivity index (χ3v) is 1.14. The first-order valence-electron chi connectivity index (χ1n) is 2.84. The Kier molecular flexibility index (Phi) is 1.94. The fraction of sp³-hybridized carbons (Fsp3) is 0. The molecule has 1 aromatic carbocycles. The van der Waals surface area contributed by atoms with Gasteiger partial charge in [-0.3, -0.25) is 0 Å². The largest absolute Gasteiger partial charge is 0.398 e. The molecule has 1 aromatic rings. The Hall–Kier alpha value is -1.74. The van der Waals surface area contributed by atoms with Gasteiger partial charge in [-0.2, -0.15) is 0 Å². The molecule has 2 N–H and O–H groups in total. The summed E-state index contributed by atoms with van der Waals surface area (Å²) in [6.07, 6.45) is 0. The molecule has 0 saturated heterocycles. The van der Waals surface area contributed by atoms with Crippen LogP contribution in [0, 0.1) is 5.82 Å². The molecule has 56 valence electrons. The molecule has 0 amide bonds. The Morgan fingerprint density at radius 3 is 2.91 bits per heavy atom. The minimum Gasteiger partial charge on any atom is -0.398 e. The average Bonchev–Trinajstić information content (AvgIpc) is 1.98. The van der Waals surface area contributed by atoms with Crippen LogP contribution in [0.25, 0.3) is 10.4 Å². The van der Waals surface area contributed by atoms with Crippen molar-refractivity contribution in [3.63, 3.8) is 0 Å². The monoisotopic (exact) mass is 152 g/mol. The predicted octanol–water partition coefficient (Wildman–Crippen LogP) is 2.35. The second kappa shape index (κ2) is 2.90. The van der Waals surface area contributed by atoms with Crippen molar-refractivity contribution in [1.29, 1.82) is 0 Å². The van der Waals surface area contributed by atoms with Gasteiger partial charge in [0.2, 0.25) is 0 Å². The van der Waals surface area contributed by atoms with E-state index in [1.165, 1.54) is 12.1 Å². The number of nitrogens with zero attached hydrogens (tertiary/aromatic N) is 3. The number of nitrogens with two attached hydrogens (primary N) is 1. The first kappa shape index (κ1) is 7.37. The zero-order valence-corrected chi connectivity index (χ0v) is 5.53. The number of hydrogen-bond acceptors (Lipinski definition) is 2. The van der Waals surface area contributed by atoms with Gasteiger partial charge in [0.15, 0.2) is 0 Å². The van der Waals surface area contributed by atoms with Crippen LogP contribution >= 0.6 is 0 Å². The Bertz CT molecular complexity index is 316. The summed E-state index contributed by atoms with van der Waals surface area (Å²) in [5.41, 5.74) is 13.7. The van der Waals surface area contributed by atoms with Crippen molar-refractivity contribution in [2.75, 3.05) is 5.73 Å². The molecule has 5 heteroatoms. The van der Waals surface area contributed by atoms with Crippen LogP contribution in [0.1, 0.15) is 0 Å². The second-order valence-electron chi connectivity index (χ2n) is 1.89. The summed E-state index contributed by atoms with van der Waals surface area (Å²) in [6.45, 7) is 0. The van der Waals surface area contributed by atoms with E-state index in [2.05, 4.69) is 10.0 Å². The molecule has 11 heavy (non-hydrogen) atoms. The Morgan fingerprint density at radius 1 is 1.55 bits per heavy atom. The van der Waals surface area contributed by atoms with E-state index in [4.69, 9.17) is 11.3 Å². The van der Waals surface area contributed by atoms with Gasteiger partial charge in [-0.05, 0) is 23.7 Å². The van der Waals surface area contributed by atoms with Crippen LogP contribution in [0.4, 0.5) is 15.8 Å². The minimum atomic E-state index is -0.471. The van der Waals surface area contributed by atoms with E-state index in [1.807, 2.05) is 0 Å². The van der Waals surface area contributed by atoms with Crippen molar-refractivity contribution in [1.82, 2.24) is 0 Å². The summed E-state index contributed by atoms with van der Waals surface area (Å²) in [5.74, 6) is -0.471. The number of anilines is 1. The molecule has 0 radical (unpaired) electrons. The lowest BCUT2D eigenvalue weighted by atomic mass is 10.3. The highest BCUT2D eigenvalue weighted by molar-refractivity contribution is 5.61. The van der Waals surface area contributed by atoms with Gasteiger partial charge in [0.05, 0.1) is 5.69 Å². The van der Waals surface area contributed by atoms with Crippen LogP contribution in [0.3, 0.4) is 0 Å². The Balaban J connectivity index is 3.22. The number of hydrogen-bond donors (Lipinski definition) is 1. The highest BCUT2D eigenvalue weighted by atomic mass is 19.1. The van der Waals surface area contributed by atoms with Gasteiger partial charge in [-0.1, -0.05) is 5.11 Å². The van der Waals surface area contributed by atoms with E-state index in [-0.39, 0.29) is 11.4 Å². The van der Waals surface area contributed by atoms with Crippen molar-refractivity contribution >= 4 is 11.4 Å². The van der Waals surface area contributed by atoms with Gasteiger partial charge >= 0.3 is 0 Å². The molecule has 0 aromatic heterocycles. The van der Waals surface area contributed by atoms with Crippen molar-refractivity contribution in [2.24, 2.45) is 5.11 Å². The molecule has 0 aliphatic heterocycles. The lowest BCUT2D eigenvalue weighted by Crippen LogP contribution is -1.84. The van der Waals surface area contributed by atoms with Crippen LogP contribution < -0.4 is 5.73 Å². The molecule has 0 atom stereocenters. The summed E-state index contributed by atoms with van der Waals surface area (Å²) in [5, 5.41) is 3.18. The van der Waals surface area contributed by atoms with Crippen LogP contribution in [-0.2, 0) is 0 Å². The Morgan fingerprint density at radius 2 is 2.27 bits per heavy atom. The molecule has 0 unspecified atom stereocenters. The van der Waals surface area contributed by atoms with E-state index >= 15 is 0 Å². The fourth-order valence-corrected chi connectivity index (χ4v) is 0.652. The van der Waals surface area contributed by atoms with E-state index in [1.54, 1.807) is 0 Å². The predicted molar refractivity (Wildman–Crippen MR) is 39.6 cm³/mol. The lowest BCUT2D eigenvalue weighted by molar-refractivity contribution is 0.628.